The summed E-state index contributed by atoms with van der Waals surface area (Å²) in [5.74, 6) is 0.528. The van der Waals surface area contributed by atoms with E-state index in [1.165, 1.54) is 32.5 Å². The number of hydrogen-bond donors (Lipinski definition) is 1. The van der Waals surface area contributed by atoms with Gasteiger partial charge in [-0.3, -0.25) is 13.9 Å². The molecule has 0 spiro atoms. The minimum atomic E-state index is -4.00. The molecule has 160 valence electrons. The van der Waals surface area contributed by atoms with Gasteiger partial charge in [0.2, 0.25) is 0 Å². The predicted octanol–water partition coefficient (Wildman–Crippen LogP) is 2.53. The van der Waals surface area contributed by atoms with Gasteiger partial charge in [0.05, 0.1) is 44.5 Å². The maximum atomic E-state index is 12.9. The zero-order valence-corrected chi connectivity index (χ0v) is 18.1. The number of methoxy groups -OCH3 is 2. The van der Waals surface area contributed by atoms with Gasteiger partial charge in [-0.1, -0.05) is 6.07 Å². The van der Waals surface area contributed by atoms with Gasteiger partial charge in [0.15, 0.2) is 0 Å². The van der Waals surface area contributed by atoms with Crippen LogP contribution in [0.1, 0.15) is 5.56 Å². The number of hydrogen-bond acceptors (Lipinski definition) is 8. The first-order valence-electron chi connectivity index (χ1n) is 8.59. The lowest BCUT2D eigenvalue weighted by atomic mass is 10.1. The van der Waals surface area contributed by atoms with Gasteiger partial charge in [-0.05, 0) is 35.9 Å². The van der Waals surface area contributed by atoms with Crippen molar-refractivity contribution in [3.05, 3.63) is 54.2 Å². The molecular weight excluding hydrogens is 432 g/mol. The van der Waals surface area contributed by atoms with Crippen LogP contribution >= 0.6 is 0 Å². The Bertz CT molecular complexity index is 1290. The number of benzene rings is 2. The van der Waals surface area contributed by atoms with Crippen LogP contribution in [-0.2, 0) is 30.9 Å². The van der Waals surface area contributed by atoms with Crippen LogP contribution in [0.25, 0.3) is 10.9 Å². The van der Waals surface area contributed by atoms with E-state index in [2.05, 4.69) is 9.71 Å². The average molecular weight is 453 g/mol. The van der Waals surface area contributed by atoms with Crippen LogP contribution in [0.15, 0.2) is 53.6 Å². The summed E-state index contributed by atoms with van der Waals surface area (Å²) in [6, 6.07) is 11.1. The Morgan fingerprint density at radius 1 is 0.967 bits per heavy atom. The van der Waals surface area contributed by atoms with Crippen LogP contribution in [0.4, 0.5) is 5.69 Å². The molecule has 0 atom stereocenters. The summed E-state index contributed by atoms with van der Waals surface area (Å²) in [7, 11) is -4.77. The summed E-state index contributed by atoms with van der Waals surface area (Å²) in [6.45, 7) is -0.133. The van der Waals surface area contributed by atoms with Gasteiger partial charge >= 0.3 is 0 Å². The van der Waals surface area contributed by atoms with E-state index in [0.717, 1.165) is 6.26 Å². The molecule has 0 bridgehead atoms. The fourth-order valence-electron chi connectivity index (χ4n) is 2.71. The molecule has 0 amide bonds. The van der Waals surface area contributed by atoms with E-state index in [1.54, 1.807) is 30.3 Å². The van der Waals surface area contributed by atoms with E-state index >= 15 is 0 Å². The van der Waals surface area contributed by atoms with E-state index in [9.17, 15) is 16.8 Å². The third-order valence-corrected chi connectivity index (χ3v) is 6.05. The molecule has 0 unspecified atom stereocenters. The lowest BCUT2D eigenvalue weighted by Crippen LogP contribution is -2.14. The Hall–Kier alpha value is -2.89. The molecule has 0 saturated heterocycles. The fourth-order valence-corrected chi connectivity index (χ4v) is 4.28. The predicted molar refractivity (Wildman–Crippen MR) is 112 cm³/mol. The number of aromatic nitrogens is 1. The number of sulfonamides is 1. The molecule has 9 nitrogen and oxygen atoms in total. The number of anilines is 1. The van der Waals surface area contributed by atoms with Crippen molar-refractivity contribution in [2.24, 2.45) is 0 Å². The van der Waals surface area contributed by atoms with Crippen molar-refractivity contribution in [2.75, 3.05) is 25.2 Å². The van der Waals surface area contributed by atoms with Gasteiger partial charge in [0, 0.05) is 11.5 Å². The summed E-state index contributed by atoms with van der Waals surface area (Å²) in [5.41, 5.74) is 1.44. The molecule has 0 aliphatic rings. The maximum absolute atomic E-state index is 12.9. The van der Waals surface area contributed by atoms with E-state index in [1.807, 2.05) is 0 Å². The largest absolute Gasteiger partial charge is 0.497 e. The first kappa shape index (κ1) is 21.8. The third-order valence-electron chi connectivity index (χ3n) is 4.10. The highest BCUT2D eigenvalue weighted by Gasteiger charge is 2.21. The highest BCUT2D eigenvalue weighted by molar-refractivity contribution is 7.92. The second kappa shape index (κ2) is 8.46. The molecule has 11 heteroatoms. The van der Waals surface area contributed by atoms with Crippen LogP contribution in [0.2, 0.25) is 0 Å². The van der Waals surface area contributed by atoms with Crippen LogP contribution in [0.5, 0.6) is 11.5 Å². The van der Waals surface area contributed by atoms with Crippen molar-refractivity contribution >= 4 is 36.7 Å². The first-order chi connectivity index (χ1) is 14.1. The number of nitrogens with one attached hydrogen (secondary N) is 1. The highest BCUT2D eigenvalue weighted by Crippen LogP contribution is 2.30. The average Bonchev–Trinajstić information content (AvgIpc) is 2.70. The van der Waals surface area contributed by atoms with Crippen LogP contribution in [0, 0.1) is 0 Å². The number of ether oxygens (including phenoxy) is 2. The quantitative estimate of drug-likeness (QED) is 0.518. The summed E-state index contributed by atoms with van der Waals surface area (Å²) in [6.07, 6.45) is 2.36. The van der Waals surface area contributed by atoms with Crippen molar-refractivity contribution in [3.8, 4) is 11.5 Å². The van der Waals surface area contributed by atoms with E-state index in [0.29, 0.717) is 22.2 Å². The molecule has 1 heterocycles. The van der Waals surface area contributed by atoms with E-state index < -0.39 is 20.1 Å². The van der Waals surface area contributed by atoms with Crippen molar-refractivity contribution in [1.29, 1.82) is 0 Å². The monoisotopic (exact) mass is 452 g/mol. The Morgan fingerprint density at radius 3 is 2.40 bits per heavy atom. The number of rotatable bonds is 8. The highest BCUT2D eigenvalue weighted by atomic mass is 32.2. The molecule has 1 N–H and O–H groups in total. The molecular formula is C19H20N2O7S2. The van der Waals surface area contributed by atoms with Crippen molar-refractivity contribution in [2.45, 2.75) is 11.5 Å². The Labute approximate surface area is 174 Å². The standard InChI is InChI=1S/C19H20N2O7S2/c1-26-16-5-7-18(27-2)19(10-16)30(24,25)21-15-9-14-8-13(12-28-29(3,22)23)4-6-17(14)20-11-15/h4-11,21H,12H2,1-3H3. The van der Waals surface area contributed by atoms with Gasteiger partial charge in [-0.2, -0.15) is 8.42 Å². The second-order valence-electron chi connectivity index (χ2n) is 6.34. The molecule has 0 fully saturated rings. The molecule has 2 aromatic carbocycles. The second-order valence-corrected chi connectivity index (χ2v) is 9.63. The molecule has 0 radical (unpaired) electrons. The molecule has 1 aromatic heterocycles. The van der Waals surface area contributed by atoms with Gasteiger partial charge in [-0.25, -0.2) is 8.42 Å². The van der Waals surface area contributed by atoms with Crippen LogP contribution in [0.3, 0.4) is 0 Å². The zero-order chi connectivity index (χ0) is 21.9. The van der Waals surface area contributed by atoms with E-state index in [4.69, 9.17) is 13.7 Å². The van der Waals surface area contributed by atoms with Crippen molar-refractivity contribution < 1.29 is 30.5 Å². The topological polar surface area (TPSA) is 121 Å². The Morgan fingerprint density at radius 2 is 1.73 bits per heavy atom. The Kier molecular flexibility index (Phi) is 6.15. The van der Waals surface area contributed by atoms with Gasteiger partial charge < -0.3 is 9.47 Å². The molecule has 3 aromatic rings. The number of fused-ring (bicyclic) bond motifs is 1. The molecule has 30 heavy (non-hydrogen) atoms. The Balaban J connectivity index is 1.93. The third kappa shape index (κ3) is 5.17. The van der Waals surface area contributed by atoms with Crippen LogP contribution in [-0.4, -0.2) is 42.3 Å². The minimum Gasteiger partial charge on any atom is -0.497 e. The SMILES string of the molecule is COc1ccc(OC)c(S(=O)(=O)Nc2cnc3ccc(COS(C)(=O)=O)cc3c2)c1. The number of nitrogens with zero attached hydrogens (tertiary/aromatic N) is 1. The van der Waals surface area contributed by atoms with Gasteiger partial charge in [0.1, 0.15) is 16.4 Å². The van der Waals surface area contributed by atoms with Gasteiger partial charge in [0.25, 0.3) is 20.1 Å². The zero-order valence-electron chi connectivity index (χ0n) is 16.4. The lowest BCUT2D eigenvalue weighted by molar-refractivity contribution is 0.312. The molecule has 0 aliphatic carbocycles. The summed E-state index contributed by atoms with van der Waals surface area (Å²) >= 11 is 0. The maximum Gasteiger partial charge on any atom is 0.265 e. The van der Waals surface area contributed by atoms with Gasteiger partial charge in [-0.15, -0.1) is 0 Å². The van der Waals surface area contributed by atoms with Crippen LogP contribution < -0.4 is 14.2 Å². The minimum absolute atomic E-state index is 0.0836. The molecule has 3 rings (SSSR count). The van der Waals surface area contributed by atoms with Crippen molar-refractivity contribution in [1.82, 2.24) is 4.98 Å². The first-order valence-corrected chi connectivity index (χ1v) is 11.9. The summed E-state index contributed by atoms with van der Waals surface area (Å²) in [4.78, 5) is 4.16. The fraction of sp³-hybridized carbons (Fsp3) is 0.211. The summed E-state index contributed by atoms with van der Waals surface area (Å²) in [5, 5.41) is 0.613. The lowest BCUT2D eigenvalue weighted by Gasteiger charge is -2.13. The smallest absolute Gasteiger partial charge is 0.265 e. The molecule has 0 aliphatic heterocycles. The molecule has 0 saturated carbocycles. The normalized spacial score (nSPS) is 12.0. The van der Waals surface area contributed by atoms with Crippen molar-refractivity contribution in [3.63, 3.8) is 0 Å². The summed E-state index contributed by atoms with van der Waals surface area (Å²) < 4.78 is 65.7. The van der Waals surface area contributed by atoms with E-state index in [-0.39, 0.29) is 22.9 Å². The number of pyridine rings is 1.